The first-order chi connectivity index (χ1) is 15.3. The number of nitrogens with zero attached hydrogens (tertiary/aromatic N) is 1. The molecule has 0 aliphatic carbocycles. The van der Waals surface area contributed by atoms with E-state index in [-0.39, 0.29) is 17.3 Å². The molecule has 2 aromatic carbocycles. The van der Waals surface area contributed by atoms with Crippen LogP contribution in [0.4, 0.5) is 0 Å². The van der Waals surface area contributed by atoms with Crippen LogP contribution in [-0.4, -0.2) is 38.9 Å². The lowest BCUT2D eigenvalue weighted by molar-refractivity contribution is -0.145. The van der Waals surface area contributed by atoms with Crippen LogP contribution in [0.25, 0.3) is 6.08 Å². The maximum absolute atomic E-state index is 12.8. The fourth-order valence-electron chi connectivity index (χ4n) is 3.14. The number of carboxylic acids is 1. The molecule has 1 amide bonds. The van der Waals surface area contributed by atoms with Gasteiger partial charge in [0.25, 0.3) is 5.91 Å². The number of benzene rings is 2. The van der Waals surface area contributed by atoms with Crippen molar-refractivity contribution in [2.24, 2.45) is 0 Å². The summed E-state index contributed by atoms with van der Waals surface area (Å²) in [6.07, 6.45) is 1.94. The summed E-state index contributed by atoms with van der Waals surface area (Å²) in [4.78, 5) is 25.8. The number of hydrogen-bond donors (Lipinski definition) is 1. The molecule has 6 nitrogen and oxygen atoms in total. The molecule has 1 saturated heterocycles. The molecule has 1 heterocycles. The number of thioether (sulfide) groups is 1. The fourth-order valence-corrected chi connectivity index (χ4v) is 4.69. The number of thiocarbonyl (C=S) groups is 1. The molecular formula is C23H22ClNO5S2. The van der Waals surface area contributed by atoms with Gasteiger partial charge in [0.05, 0.1) is 11.5 Å². The average molecular weight is 492 g/mol. The normalized spacial score (nSPS) is 15.8. The lowest BCUT2D eigenvalue weighted by Gasteiger charge is -2.21. The van der Waals surface area contributed by atoms with E-state index in [9.17, 15) is 14.7 Å². The maximum atomic E-state index is 12.8. The van der Waals surface area contributed by atoms with E-state index >= 15 is 0 Å². The van der Waals surface area contributed by atoms with E-state index in [0.29, 0.717) is 33.6 Å². The van der Waals surface area contributed by atoms with Crippen molar-refractivity contribution in [1.82, 2.24) is 4.90 Å². The molecular weight excluding hydrogens is 470 g/mol. The van der Waals surface area contributed by atoms with Crippen molar-refractivity contribution in [3.8, 4) is 11.5 Å². The van der Waals surface area contributed by atoms with Gasteiger partial charge in [-0.05, 0) is 43.2 Å². The van der Waals surface area contributed by atoms with Gasteiger partial charge in [0.2, 0.25) is 0 Å². The van der Waals surface area contributed by atoms with Crippen molar-refractivity contribution in [3.05, 3.63) is 63.5 Å². The Kier molecular flexibility index (Phi) is 8.17. The molecule has 9 heteroatoms. The van der Waals surface area contributed by atoms with Crippen LogP contribution in [0.5, 0.6) is 11.5 Å². The number of rotatable bonds is 9. The molecule has 0 saturated carbocycles. The van der Waals surface area contributed by atoms with Gasteiger partial charge < -0.3 is 14.6 Å². The van der Waals surface area contributed by atoms with E-state index in [4.69, 9.17) is 33.3 Å². The number of aliphatic carboxylic acids is 1. The molecule has 1 aliphatic heterocycles. The Morgan fingerprint density at radius 1 is 1.22 bits per heavy atom. The van der Waals surface area contributed by atoms with Gasteiger partial charge >= 0.3 is 5.97 Å². The van der Waals surface area contributed by atoms with Crippen molar-refractivity contribution in [2.75, 3.05) is 6.61 Å². The van der Waals surface area contributed by atoms with Gasteiger partial charge in [-0.15, -0.1) is 0 Å². The third-order valence-corrected chi connectivity index (χ3v) is 6.41. The van der Waals surface area contributed by atoms with Crippen LogP contribution < -0.4 is 9.47 Å². The van der Waals surface area contributed by atoms with Gasteiger partial charge in [-0.25, -0.2) is 4.79 Å². The Bertz CT molecular complexity index is 1070. The Labute approximate surface area is 201 Å². The number of hydrogen-bond acceptors (Lipinski definition) is 6. The Morgan fingerprint density at radius 2 is 1.97 bits per heavy atom. The largest absolute Gasteiger partial charge is 0.490 e. The zero-order valence-electron chi connectivity index (χ0n) is 17.5. The van der Waals surface area contributed by atoms with Crippen molar-refractivity contribution in [1.29, 1.82) is 0 Å². The van der Waals surface area contributed by atoms with Crippen LogP contribution in [0.1, 0.15) is 31.4 Å². The van der Waals surface area contributed by atoms with Crippen molar-refractivity contribution >= 4 is 57.9 Å². The quantitative estimate of drug-likeness (QED) is 0.372. The van der Waals surface area contributed by atoms with Crippen molar-refractivity contribution < 1.29 is 24.2 Å². The van der Waals surface area contributed by atoms with Crippen LogP contribution in [0.3, 0.4) is 0 Å². The Balaban J connectivity index is 1.83. The molecule has 168 valence electrons. The van der Waals surface area contributed by atoms with Gasteiger partial charge in [-0.3, -0.25) is 9.69 Å². The number of carboxylic acid groups (broad SMARTS) is 1. The highest BCUT2D eigenvalue weighted by atomic mass is 35.5. The summed E-state index contributed by atoms with van der Waals surface area (Å²) >= 11 is 12.5. The SMILES string of the molecule is CCOc1cc(/C=C2\SC(=S)N([C@@H](CC)C(=O)O)C2=O)ccc1OCc1ccccc1Cl. The van der Waals surface area contributed by atoms with E-state index in [1.54, 1.807) is 37.3 Å². The highest BCUT2D eigenvalue weighted by Crippen LogP contribution is 2.36. The molecule has 1 N–H and O–H groups in total. The number of amides is 1. The van der Waals surface area contributed by atoms with Gasteiger partial charge in [0, 0.05) is 10.6 Å². The first kappa shape index (κ1) is 24.1. The minimum absolute atomic E-state index is 0.236. The lowest BCUT2D eigenvalue weighted by Crippen LogP contribution is -2.43. The third-order valence-electron chi connectivity index (χ3n) is 4.71. The first-order valence-corrected chi connectivity index (χ1v) is 11.6. The molecule has 0 aromatic heterocycles. The van der Waals surface area contributed by atoms with E-state index in [2.05, 4.69) is 0 Å². The highest BCUT2D eigenvalue weighted by molar-refractivity contribution is 8.26. The topological polar surface area (TPSA) is 76.1 Å². The van der Waals surface area contributed by atoms with E-state index in [1.165, 1.54) is 4.90 Å². The molecule has 0 bridgehead atoms. The summed E-state index contributed by atoms with van der Waals surface area (Å²) in [5.41, 5.74) is 1.57. The monoisotopic (exact) mass is 491 g/mol. The molecule has 1 aliphatic rings. The second kappa shape index (κ2) is 10.8. The van der Waals surface area contributed by atoms with Crippen LogP contribution in [0, 0.1) is 0 Å². The molecule has 0 spiro atoms. The van der Waals surface area contributed by atoms with Crippen LogP contribution in [-0.2, 0) is 16.2 Å². The smallest absolute Gasteiger partial charge is 0.326 e. The molecule has 3 rings (SSSR count). The molecule has 0 unspecified atom stereocenters. The molecule has 1 atom stereocenters. The lowest BCUT2D eigenvalue weighted by atomic mass is 10.1. The number of ether oxygens (including phenoxy) is 2. The zero-order chi connectivity index (χ0) is 23.3. The van der Waals surface area contributed by atoms with E-state index < -0.39 is 17.9 Å². The minimum atomic E-state index is -1.08. The summed E-state index contributed by atoms with van der Waals surface area (Å²) in [5, 5.41) is 10.0. The third kappa shape index (κ3) is 5.43. The predicted molar refractivity (Wildman–Crippen MR) is 130 cm³/mol. The standard InChI is InChI=1S/C23H22ClNO5S2/c1-3-17(22(27)28)25-21(26)20(32-23(25)31)12-14-9-10-18(19(11-14)29-4-2)30-13-15-7-5-6-8-16(15)24/h5-12,17H,3-4,13H2,1-2H3,(H,27,28)/b20-12-/t17-/m0/s1. The van der Waals surface area contributed by atoms with Crippen molar-refractivity contribution in [2.45, 2.75) is 32.9 Å². The number of halogens is 1. The van der Waals surface area contributed by atoms with Gasteiger partial charge in [-0.1, -0.05) is 66.8 Å². The van der Waals surface area contributed by atoms with Crippen LogP contribution in [0.15, 0.2) is 47.4 Å². The Morgan fingerprint density at radius 3 is 2.62 bits per heavy atom. The van der Waals surface area contributed by atoms with Crippen molar-refractivity contribution in [3.63, 3.8) is 0 Å². The van der Waals surface area contributed by atoms with Crippen LogP contribution >= 0.6 is 35.6 Å². The van der Waals surface area contributed by atoms with E-state index in [1.807, 2.05) is 25.1 Å². The minimum Gasteiger partial charge on any atom is -0.490 e. The molecule has 0 radical (unpaired) electrons. The highest BCUT2D eigenvalue weighted by Gasteiger charge is 2.39. The Hall–Kier alpha value is -2.55. The summed E-state index contributed by atoms with van der Waals surface area (Å²) < 4.78 is 11.9. The van der Waals surface area contributed by atoms with Gasteiger partial charge in [0.15, 0.2) is 11.5 Å². The molecule has 2 aromatic rings. The summed E-state index contributed by atoms with van der Waals surface area (Å²) in [6, 6.07) is 11.8. The second-order valence-corrected chi connectivity index (χ2v) is 8.92. The maximum Gasteiger partial charge on any atom is 0.326 e. The summed E-state index contributed by atoms with van der Waals surface area (Å²) in [7, 11) is 0. The fraction of sp³-hybridized carbons (Fsp3) is 0.261. The van der Waals surface area contributed by atoms with Gasteiger partial charge in [0.1, 0.15) is 17.0 Å². The zero-order valence-corrected chi connectivity index (χ0v) is 19.9. The molecule has 1 fully saturated rings. The second-order valence-electron chi connectivity index (χ2n) is 6.83. The van der Waals surface area contributed by atoms with Crippen LogP contribution in [0.2, 0.25) is 5.02 Å². The number of carbonyl (C=O) groups excluding carboxylic acids is 1. The average Bonchev–Trinajstić information content (AvgIpc) is 3.02. The van der Waals surface area contributed by atoms with E-state index in [0.717, 1.165) is 17.3 Å². The molecule has 32 heavy (non-hydrogen) atoms. The number of carbonyl (C=O) groups is 2. The first-order valence-electron chi connectivity index (χ1n) is 9.98. The van der Waals surface area contributed by atoms with Gasteiger partial charge in [-0.2, -0.15) is 0 Å². The predicted octanol–water partition coefficient (Wildman–Crippen LogP) is 5.38. The summed E-state index contributed by atoms with van der Waals surface area (Å²) in [6.45, 7) is 4.29. The summed E-state index contributed by atoms with van der Waals surface area (Å²) in [5.74, 6) is -0.413.